The zero-order chi connectivity index (χ0) is 22.2. The number of carbonyl (C=O) groups excluding carboxylic acids is 1. The quantitative estimate of drug-likeness (QED) is 0.656. The summed E-state index contributed by atoms with van der Waals surface area (Å²) in [6.45, 7) is 6.81. The molecule has 0 atom stereocenters. The van der Waals surface area contributed by atoms with E-state index in [1.165, 1.54) is 12.2 Å². The van der Waals surface area contributed by atoms with Gasteiger partial charge in [0.2, 0.25) is 0 Å². The first-order valence-corrected chi connectivity index (χ1v) is 10.1. The number of phenolic OH excluding ortho intramolecular Hbond substituents is 1. The van der Waals surface area contributed by atoms with Gasteiger partial charge in [0.1, 0.15) is 23.1 Å². The lowest BCUT2D eigenvalue weighted by Gasteiger charge is -2.14. The molecule has 30 heavy (non-hydrogen) atoms. The molecule has 0 saturated heterocycles. The van der Waals surface area contributed by atoms with E-state index < -0.39 is 49.0 Å². The zero-order valence-electron chi connectivity index (χ0n) is 15.2. The van der Waals surface area contributed by atoms with E-state index in [1.807, 2.05) is 4.72 Å². The first-order valence-electron chi connectivity index (χ1n) is 8.29. The van der Waals surface area contributed by atoms with E-state index in [9.17, 15) is 27.1 Å². The minimum atomic E-state index is -4.63. The van der Waals surface area contributed by atoms with Gasteiger partial charge in [-0.2, -0.15) is 0 Å². The van der Waals surface area contributed by atoms with Gasteiger partial charge < -0.3 is 9.84 Å². The van der Waals surface area contributed by atoms with Crippen molar-refractivity contribution in [3.8, 4) is 5.75 Å². The number of halogens is 3. The van der Waals surface area contributed by atoms with Crippen molar-refractivity contribution in [3.05, 3.63) is 82.9 Å². The molecule has 0 fully saturated rings. The molecule has 2 aromatic carbocycles. The molecule has 2 N–H and O–H groups in total. The number of sulfonamides is 1. The number of cyclic esters (lactones) is 1. The maximum atomic E-state index is 14.5. The van der Waals surface area contributed by atoms with Crippen LogP contribution in [-0.4, -0.2) is 26.1 Å². The summed E-state index contributed by atoms with van der Waals surface area (Å²) in [6.07, 6.45) is 2.54. The average molecular weight is 454 g/mol. The van der Waals surface area contributed by atoms with Crippen LogP contribution in [0.2, 0.25) is 5.02 Å². The minimum absolute atomic E-state index is 0.114. The van der Waals surface area contributed by atoms with Gasteiger partial charge in [-0.3, -0.25) is 4.72 Å². The Bertz CT molecular complexity index is 1240. The van der Waals surface area contributed by atoms with Crippen LogP contribution in [0.4, 0.5) is 14.5 Å². The number of allylic oxidation sites excluding steroid dienone is 2. The molecular weight excluding hydrogens is 440 g/mol. The molecule has 1 aliphatic rings. The highest BCUT2D eigenvalue weighted by molar-refractivity contribution is 7.92. The van der Waals surface area contributed by atoms with E-state index in [1.54, 1.807) is 0 Å². The van der Waals surface area contributed by atoms with E-state index in [4.69, 9.17) is 16.3 Å². The van der Waals surface area contributed by atoms with Gasteiger partial charge >= 0.3 is 5.97 Å². The summed E-state index contributed by atoms with van der Waals surface area (Å²) in [6, 6.07) is 3.26. The Morgan fingerprint density at radius 1 is 1.13 bits per heavy atom. The Morgan fingerprint density at radius 2 is 1.83 bits per heavy atom. The number of benzene rings is 2. The molecule has 0 spiro atoms. The van der Waals surface area contributed by atoms with Crippen molar-refractivity contribution >= 4 is 38.9 Å². The average Bonchev–Trinajstić information content (AvgIpc) is 2.69. The van der Waals surface area contributed by atoms with Crippen molar-refractivity contribution in [3.63, 3.8) is 0 Å². The number of rotatable bonds is 2. The van der Waals surface area contributed by atoms with E-state index in [2.05, 4.69) is 13.2 Å². The Hall–Kier alpha value is -3.17. The van der Waals surface area contributed by atoms with E-state index >= 15 is 0 Å². The van der Waals surface area contributed by atoms with Crippen LogP contribution in [0.1, 0.15) is 15.9 Å². The Labute approximate surface area is 175 Å². The van der Waals surface area contributed by atoms with E-state index in [0.29, 0.717) is 6.07 Å². The molecule has 0 aliphatic carbocycles. The fraction of sp³-hybridized carbons (Fsp3) is 0.0500. The second-order valence-electron chi connectivity index (χ2n) is 6.15. The highest BCUT2D eigenvalue weighted by Crippen LogP contribution is 2.36. The van der Waals surface area contributed by atoms with Gasteiger partial charge in [0.05, 0.1) is 16.3 Å². The number of phenols is 1. The monoisotopic (exact) mass is 453 g/mol. The molecule has 2 aromatic rings. The largest absolute Gasteiger partial charge is 0.505 e. The third kappa shape index (κ3) is 3.81. The Kier molecular flexibility index (Phi) is 5.69. The van der Waals surface area contributed by atoms with Gasteiger partial charge in [-0.1, -0.05) is 36.9 Å². The van der Waals surface area contributed by atoms with Crippen LogP contribution >= 0.6 is 11.6 Å². The SMILES string of the molecule is C=C/C1=C(\C=C)c2cc(c(F)cc2F)NS(=O)(=O)c2cc(cc(Cl)c2O)C(=O)OC1. The maximum Gasteiger partial charge on any atom is 0.338 e. The summed E-state index contributed by atoms with van der Waals surface area (Å²) in [5.74, 6) is -4.02. The lowest BCUT2D eigenvalue weighted by atomic mass is 9.99. The standard InChI is InChI=1S/C20H14ClF2NO5S/c1-3-10-9-29-20(26)11-5-14(21)19(25)18(6-11)30(27,28)24-17-7-13(12(10)4-2)15(22)8-16(17)23/h3-8,24-25H,1-2,9H2/b12-10-. The van der Waals surface area contributed by atoms with Crippen molar-refractivity contribution in [2.75, 3.05) is 11.3 Å². The summed E-state index contributed by atoms with van der Waals surface area (Å²) in [7, 11) is -4.63. The van der Waals surface area contributed by atoms with Crippen molar-refractivity contribution in [1.29, 1.82) is 0 Å². The second kappa shape index (κ2) is 7.92. The smallest absolute Gasteiger partial charge is 0.338 e. The van der Waals surface area contributed by atoms with Crippen LogP contribution in [0.25, 0.3) is 5.57 Å². The molecule has 6 nitrogen and oxygen atoms in total. The summed E-state index contributed by atoms with van der Waals surface area (Å²) < 4.78 is 61.5. The number of carbonyl (C=O) groups is 1. The Balaban J connectivity index is 2.37. The molecule has 1 heterocycles. The molecule has 0 radical (unpaired) electrons. The highest BCUT2D eigenvalue weighted by Gasteiger charge is 2.27. The molecule has 0 aromatic heterocycles. The molecule has 1 aliphatic heterocycles. The van der Waals surface area contributed by atoms with Gasteiger partial charge in [-0.25, -0.2) is 22.0 Å². The third-order valence-corrected chi connectivity index (χ3v) is 5.97. The predicted molar refractivity (Wildman–Crippen MR) is 108 cm³/mol. The predicted octanol–water partition coefficient (Wildman–Crippen LogP) is 4.42. The number of aromatic hydroxyl groups is 1. The van der Waals surface area contributed by atoms with Crippen molar-refractivity contribution in [1.82, 2.24) is 0 Å². The van der Waals surface area contributed by atoms with Gasteiger partial charge in [0.25, 0.3) is 10.0 Å². The lowest BCUT2D eigenvalue weighted by Crippen LogP contribution is -2.16. The molecule has 0 amide bonds. The van der Waals surface area contributed by atoms with Crippen molar-refractivity contribution in [2.24, 2.45) is 0 Å². The van der Waals surface area contributed by atoms with Crippen LogP contribution in [0.15, 0.2) is 60.0 Å². The molecule has 10 heteroatoms. The number of nitrogens with one attached hydrogen (secondary N) is 1. The van der Waals surface area contributed by atoms with Gasteiger partial charge in [0.15, 0.2) is 5.75 Å². The number of hydrogen-bond acceptors (Lipinski definition) is 5. The van der Waals surface area contributed by atoms with Crippen molar-refractivity contribution in [2.45, 2.75) is 4.90 Å². The molecule has 0 saturated carbocycles. The summed E-state index contributed by atoms with van der Waals surface area (Å²) in [5, 5.41) is 9.66. The topological polar surface area (TPSA) is 92.7 Å². The number of ether oxygens (including phenoxy) is 1. The van der Waals surface area contributed by atoms with Gasteiger partial charge in [-0.05, 0) is 29.3 Å². The van der Waals surface area contributed by atoms with Crippen LogP contribution in [0.5, 0.6) is 5.75 Å². The van der Waals surface area contributed by atoms with E-state index in [-0.39, 0.29) is 28.9 Å². The summed E-state index contributed by atoms with van der Waals surface area (Å²) in [4.78, 5) is 11.6. The van der Waals surface area contributed by atoms with Gasteiger partial charge in [-0.15, -0.1) is 0 Å². The third-order valence-electron chi connectivity index (χ3n) is 4.30. The van der Waals surface area contributed by atoms with E-state index in [0.717, 1.165) is 18.2 Å². The number of esters is 1. The van der Waals surface area contributed by atoms with Crippen LogP contribution in [-0.2, 0) is 14.8 Å². The maximum absolute atomic E-state index is 14.5. The lowest BCUT2D eigenvalue weighted by molar-refractivity contribution is 0.0543. The van der Waals surface area contributed by atoms with Gasteiger partial charge in [0, 0.05) is 11.6 Å². The second-order valence-corrected chi connectivity index (χ2v) is 8.20. The molecule has 4 bridgehead atoms. The van der Waals surface area contributed by atoms with Crippen LogP contribution < -0.4 is 4.72 Å². The Morgan fingerprint density at radius 3 is 2.47 bits per heavy atom. The van der Waals surface area contributed by atoms with Crippen LogP contribution in [0.3, 0.4) is 0 Å². The number of anilines is 1. The molecule has 3 rings (SSSR count). The normalized spacial score (nSPS) is 18.2. The van der Waals surface area contributed by atoms with Crippen LogP contribution in [0, 0.1) is 11.6 Å². The molecular formula is C20H14ClF2NO5S. The fourth-order valence-electron chi connectivity index (χ4n) is 2.82. The zero-order valence-corrected chi connectivity index (χ0v) is 16.8. The fourth-order valence-corrected chi connectivity index (χ4v) is 4.30. The molecule has 156 valence electrons. The van der Waals surface area contributed by atoms with Crippen molar-refractivity contribution < 1.29 is 31.8 Å². The minimum Gasteiger partial charge on any atom is -0.505 e. The number of hydrogen-bond donors (Lipinski definition) is 2. The summed E-state index contributed by atoms with van der Waals surface area (Å²) in [5.41, 5.74) is -0.728. The molecule has 0 unspecified atom stereocenters. The first-order chi connectivity index (χ1) is 14.1. The highest BCUT2D eigenvalue weighted by atomic mass is 35.5. The first kappa shape index (κ1) is 21.5. The number of fused-ring (bicyclic) bond motifs is 4. The summed E-state index contributed by atoms with van der Waals surface area (Å²) >= 11 is 5.86.